The third-order valence-electron chi connectivity index (χ3n) is 3.79. The number of hydrogen-bond acceptors (Lipinski definition) is 2. The van der Waals surface area contributed by atoms with Crippen molar-refractivity contribution in [2.75, 3.05) is 0 Å². The molecule has 0 heterocycles. The summed E-state index contributed by atoms with van der Waals surface area (Å²) in [7, 11) is 0. The second-order valence-corrected chi connectivity index (χ2v) is 5.52. The van der Waals surface area contributed by atoms with Gasteiger partial charge in [-0.05, 0) is 25.7 Å². The molecule has 0 aromatic heterocycles. The predicted octanol–water partition coefficient (Wildman–Crippen LogP) is 2.82. The van der Waals surface area contributed by atoms with Crippen molar-refractivity contribution in [1.82, 2.24) is 5.32 Å². The molecule has 0 bridgehead atoms. The lowest BCUT2D eigenvalue weighted by Gasteiger charge is -2.29. The molecule has 2 atom stereocenters. The smallest absolute Gasteiger partial charge is 0.310 e. The minimum absolute atomic E-state index is 0.0419. The lowest BCUT2D eigenvalue weighted by atomic mass is 9.76. The Morgan fingerprint density at radius 3 is 2.17 bits per heavy atom. The van der Waals surface area contributed by atoms with Crippen molar-refractivity contribution in [2.45, 2.75) is 66.3 Å². The third kappa shape index (κ3) is 4.67. The van der Waals surface area contributed by atoms with Crippen molar-refractivity contribution < 1.29 is 14.7 Å². The Hall–Kier alpha value is -1.06. The number of hydrogen-bond donors (Lipinski definition) is 2. The number of carbonyl (C=O) groups is 2. The molecule has 0 aromatic rings. The van der Waals surface area contributed by atoms with Gasteiger partial charge in [-0.25, -0.2) is 0 Å². The molecule has 4 heteroatoms. The van der Waals surface area contributed by atoms with E-state index in [4.69, 9.17) is 0 Å². The number of nitrogens with one attached hydrogen (secondary N) is 1. The van der Waals surface area contributed by atoms with Crippen LogP contribution in [0.25, 0.3) is 0 Å². The van der Waals surface area contributed by atoms with Crippen LogP contribution in [-0.4, -0.2) is 23.0 Å². The van der Waals surface area contributed by atoms with Crippen LogP contribution in [0.5, 0.6) is 0 Å². The fourth-order valence-corrected chi connectivity index (χ4v) is 1.87. The first-order chi connectivity index (χ1) is 8.27. The highest BCUT2D eigenvalue weighted by Crippen LogP contribution is 2.31. The average molecular weight is 257 g/mol. The van der Waals surface area contributed by atoms with E-state index >= 15 is 0 Å². The van der Waals surface area contributed by atoms with Gasteiger partial charge in [-0.3, -0.25) is 9.59 Å². The Labute approximate surface area is 110 Å². The first-order valence-corrected chi connectivity index (χ1v) is 6.80. The standard InChI is InChI=1S/C14H27NO3/c1-6-8-11(7-2)15-12(16)9-14(5,10(3)4)13(17)18/h10-11H,6-9H2,1-5H3,(H,15,16)(H,17,18). The first-order valence-electron chi connectivity index (χ1n) is 6.80. The largest absolute Gasteiger partial charge is 0.481 e. The van der Waals surface area contributed by atoms with Crippen molar-refractivity contribution in [3.05, 3.63) is 0 Å². The maximum atomic E-state index is 11.9. The highest BCUT2D eigenvalue weighted by molar-refractivity contribution is 5.85. The summed E-state index contributed by atoms with van der Waals surface area (Å²) in [6, 6.07) is 0.160. The number of aliphatic carboxylic acids is 1. The van der Waals surface area contributed by atoms with E-state index in [2.05, 4.69) is 12.2 Å². The van der Waals surface area contributed by atoms with Crippen LogP contribution in [0.4, 0.5) is 0 Å². The highest BCUT2D eigenvalue weighted by atomic mass is 16.4. The van der Waals surface area contributed by atoms with Gasteiger partial charge in [0.05, 0.1) is 5.41 Å². The Morgan fingerprint density at radius 2 is 1.83 bits per heavy atom. The van der Waals surface area contributed by atoms with Crippen LogP contribution < -0.4 is 5.32 Å². The Bertz CT molecular complexity index is 289. The second kappa shape index (κ2) is 7.39. The van der Waals surface area contributed by atoms with Crippen molar-refractivity contribution in [1.29, 1.82) is 0 Å². The molecule has 106 valence electrons. The van der Waals surface area contributed by atoms with Crippen molar-refractivity contribution in [2.24, 2.45) is 11.3 Å². The summed E-state index contributed by atoms with van der Waals surface area (Å²) in [6.45, 7) is 9.42. The quantitative estimate of drug-likeness (QED) is 0.702. The normalized spacial score (nSPS) is 16.1. The molecule has 0 aliphatic heterocycles. The molecule has 0 aliphatic rings. The summed E-state index contributed by atoms with van der Waals surface area (Å²) in [5.74, 6) is -1.14. The minimum atomic E-state index is -0.991. The predicted molar refractivity (Wildman–Crippen MR) is 72.3 cm³/mol. The van der Waals surface area contributed by atoms with Crippen LogP contribution in [0.1, 0.15) is 60.3 Å². The zero-order valence-corrected chi connectivity index (χ0v) is 12.2. The maximum Gasteiger partial charge on any atom is 0.310 e. The van der Waals surface area contributed by atoms with Gasteiger partial charge < -0.3 is 10.4 Å². The Morgan fingerprint density at radius 1 is 1.28 bits per heavy atom. The van der Waals surface area contributed by atoms with Crippen LogP contribution in [0.3, 0.4) is 0 Å². The topological polar surface area (TPSA) is 66.4 Å². The van der Waals surface area contributed by atoms with Crippen LogP contribution in [-0.2, 0) is 9.59 Å². The van der Waals surface area contributed by atoms with E-state index in [9.17, 15) is 14.7 Å². The van der Waals surface area contributed by atoms with Gasteiger partial charge in [0.25, 0.3) is 0 Å². The fraction of sp³-hybridized carbons (Fsp3) is 0.857. The molecule has 0 aliphatic carbocycles. The Kier molecular flexibility index (Phi) is 6.96. The van der Waals surface area contributed by atoms with Gasteiger partial charge in [0.1, 0.15) is 0 Å². The molecule has 1 amide bonds. The first kappa shape index (κ1) is 16.9. The average Bonchev–Trinajstić information content (AvgIpc) is 2.27. The van der Waals surface area contributed by atoms with Crippen LogP contribution in [0.2, 0.25) is 0 Å². The highest BCUT2D eigenvalue weighted by Gasteiger charge is 2.38. The summed E-state index contributed by atoms with van der Waals surface area (Å²) < 4.78 is 0. The van der Waals surface area contributed by atoms with Gasteiger partial charge in [-0.2, -0.15) is 0 Å². The number of rotatable bonds is 8. The molecule has 18 heavy (non-hydrogen) atoms. The van der Waals surface area contributed by atoms with Crippen LogP contribution >= 0.6 is 0 Å². The van der Waals surface area contributed by atoms with E-state index in [1.807, 2.05) is 20.8 Å². The molecule has 0 rings (SSSR count). The summed E-state index contributed by atoms with van der Waals surface area (Å²) >= 11 is 0. The lowest BCUT2D eigenvalue weighted by molar-refractivity contribution is -0.153. The van der Waals surface area contributed by atoms with Crippen LogP contribution in [0, 0.1) is 11.3 Å². The van der Waals surface area contributed by atoms with Crippen molar-refractivity contribution >= 4 is 11.9 Å². The molecule has 0 saturated heterocycles. The second-order valence-electron chi connectivity index (χ2n) is 5.52. The number of carboxylic acid groups (broad SMARTS) is 1. The summed E-state index contributed by atoms with van der Waals surface area (Å²) in [4.78, 5) is 23.2. The molecular formula is C14H27NO3. The zero-order valence-electron chi connectivity index (χ0n) is 12.2. The minimum Gasteiger partial charge on any atom is -0.481 e. The molecule has 0 spiro atoms. The maximum absolute atomic E-state index is 11.9. The van der Waals surface area contributed by atoms with E-state index in [1.54, 1.807) is 6.92 Å². The summed E-state index contributed by atoms with van der Waals surface area (Å²) in [5.41, 5.74) is -0.991. The molecule has 0 fully saturated rings. The van der Waals surface area contributed by atoms with E-state index in [0.717, 1.165) is 19.3 Å². The number of carboxylic acids is 1. The number of carbonyl (C=O) groups excluding carboxylic acids is 1. The molecule has 0 radical (unpaired) electrons. The van der Waals surface area contributed by atoms with Gasteiger partial charge in [-0.1, -0.05) is 34.1 Å². The number of amides is 1. The van der Waals surface area contributed by atoms with E-state index in [-0.39, 0.29) is 24.3 Å². The van der Waals surface area contributed by atoms with Gasteiger partial charge in [0.15, 0.2) is 0 Å². The summed E-state index contributed by atoms with van der Waals surface area (Å²) in [6.07, 6.45) is 2.87. The van der Waals surface area contributed by atoms with Gasteiger partial charge in [0.2, 0.25) is 5.91 Å². The molecule has 4 nitrogen and oxygen atoms in total. The van der Waals surface area contributed by atoms with Gasteiger partial charge in [0, 0.05) is 12.5 Å². The molecule has 0 saturated carbocycles. The summed E-state index contributed by atoms with van der Waals surface area (Å²) in [5, 5.41) is 12.2. The van der Waals surface area contributed by atoms with Crippen LogP contribution in [0.15, 0.2) is 0 Å². The molecular weight excluding hydrogens is 230 g/mol. The van der Waals surface area contributed by atoms with Crippen molar-refractivity contribution in [3.8, 4) is 0 Å². The zero-order chi connectivity index (χ0) is 14.3. The monoisotopic (exact) mass is 257 g/mol. The fourth-order valence-electron chi connectivity index (χ4n) is 1.87. The lowest BCUT2D eigenvalue weighted by Crippen LogP contribution is -2.42. The van der Waals surface area contributed by atoms with Crippen molar-refractivity contribution in [3.63, 3.8) is 0 Å². The molecule has 2 unspecified atom stereocenters. The van der Waals surface area contributed by atoms with E-state index in [0.29, 0.717) is 0 Å². The molecule has 2 N–H and O–H groups in total. The Balaban J connectivity index is 4.57. The van der Waals surface area contributed by atoms with Gasteiger partial charge >= 0.3 is 5.97 Å². The van der Waals surface area contributed by atoms with E-state index in [1.165, 1.54) is 0 Å². The van der Waals surface area contributed by atoms with E-state index < -0.39 is 11.4 Å². The molecule has 0 aromatic carbocycles. The van der Waals surface area contributed by atoms with Gasteiger partial charge in [-0.15, -0.1) is 0 Å². The SMILES string of the molecule is CCCC(CC)NC(=O)CC(C)(C(=O)O)C(C)C. The third-order valence-corrected chi connectivity index (χ3v) is 3.79.